The van der Waals surface area contributed by atoms with Crippen molar-refractivity contribution in [1.82, 2.24) is 0 Å². The van der Waals surface area contributed by atoms with E-state index < -0.39 is 13.9 Å². The van der Waals surface area contributed by atoms with Gasteiger partial charge in [-0.1, -0.05) is 83.3 Å². The third-order valence-corrected chi connectivity index (χ3v) is 7.08. The van der Waals surface area contributed by atoms with E-state index in [1.54, 1.807) is 0 Å². The van der Waals surface area contributed by atoms with Gasteiger partial charge >= 0.3 is 0 Å². The molecular formula is C28H58NO6P. The summed E-state index contributed by atoms with van der Waals surface area (Å²) >= 11 is 0. The standard InChI is InChI=1S/C28H58NO6P/c1-6-7-8-9-10-11-12-13-14-15-16-17-18-19-20-21-22-24-33-26-28(32-5)27-35-36(30,31)34-25-23-29(2,3)4/h17-18,28H,6-16,19-27H2,1-5H3/b18-17-/t28-/m1/s1. The van der Waals surface area contributed by atoms with Crippen molar-refractivity contribution in [3.8, 4) is 0 Å². The molecule has 0 heterocycles. The first-order valence-corrected chi connectivity index (χ1v) is 15.8. The minimum Gasteiger partial charge on any atom is -0.756 e. The van der Waals surface area contributed by atoms with Crippen molar-refractivity contribution >= 4 is 7.82 Å². The monoisotopic (exact) mass is 535 g/mol. The molecule has 0 fully saturated rings. The van der Waals surface area contributed by atoms with Crippen LogP contribution in [0, 0.1) is 0 Å². The minimum atomic E-state index is -4.33. The Morgan fingerprint density at radius 1 is 0.750 bits per heavy atom. The summed E-state index contributed by atoms with van der Waals surface area (Å²) in [6.45, 7) is 3.76. The SMILES string of the molecule is CCCCCCCCCCCC/C=C\CCCCCOC[C@H](COP(=O)([O-])OCC[N+](C)(C)C)OC. The molecule has 0 bridgehead atoms. The predicted octanol–water partition coefficient (Wildman–Crippen LogP) is 6.65. The van der Waals surface area contributed by atoms with E-state index in [2.05, 4.69) is 19.1 Å². The average molecular weight is 536 g/mol. The number of phosphoric acid groups is 1. The van der Waals surface area contributed by atoms with Crippen LogP contribution in [-0.2, 0) is 23.1 Å². The molecule has 0 aliphatic heterocycles. The second kappa shape index (κ2) is 23.8. The molecule has 0 rings (SSSR count). The van der Waals surface area contributed by atoms with E-state index in [1.807, 2.05) is 21.1 Å². The molecular weight excluding hydrogens is 477 g/mol. The van der Waals surface area contributed by atoms with Gasteiger partial charge in [-0.15, -0.1) is 0 Å². The van der Waals surface area contributed by atoms with E-state index in [1.165, 1.54) is 84.2 Å². The zero-order valence-electron chi connectivity index (χ0n) is 24.2. The quantitative estimate of drug-likeness (QED) is 0.0507. The first kappa shape index (κ1) is 35.7. The molecule has 0 saturated carbocycles. The van der Waals surface area contributed by atoms with Crippen LogP contribution in [0.15, 0.2) is 12.2 Å². The predicted molar refractivity (Wildman–Crippen MR) is 148 cm³/mol. The van der Waals surface area contributed by atoms with Crippen LogP contribution in [-0.4, -0.2) is 71.8 Å². The van der Waals surface area contributed by atoms with Crippen LogP contribution in [0.5, 0.6) is 0 Å². The molecule has 0 aromatic rings. The van der Waals surface area contributed by atoms with Crippen LogP contribution >= 0.6 is 7.82 Å². The minimum absolute atomic E-state index is 0.0902. The molecule has 0 amide bonds. The fraction of sp³-hybridized carbons (Fsp3) is 0.929. The Hall–Kier alpha value is -0.270. The summed E-state index contributed by atoms with van der Waals surface area (Å²) in [5.74, 6) is 0. The van der Waals surface area contributed by atoms with Gasteiger partial charge in [-0.25, -0.2) is 0 Å². The van der Waals surface area contributed by atoms with Crippen LogP contribution in [0.25, 0.3) is 0 Å². The maximum atomic E-state index is 11.9. The third-order valence-electron chi connectivity index (χ3n) is 6.12. The van der Waals surface area contributed by atoms with Crippen LogP contribution < -0.4 is 4.89 Å². The lowest BCUT2D eigenvalue weighted by atomic mass is 10.1. The van der Waals surface area contributed by atoms with Gasteiger partial charge in [0.25, 0.3) is 7.82 Å². The summed E-state index contributed by atoms with van der Waals surface area (Å²) in [5.41, 5.74) is 0. The number of ether oxygens (including phenoxy) is 2. The van der Waals surface area contributed by atoms with Gasteiger partial charge in [0.05, 0.1) is 34.4 Å². The molecule has 0 N–H and O–H groups in total. The number of phosphoric ester groups is 1. The molecule has 36 heavy (non-hydrogen) atoms. The van der Waals surface area contributed by atoms with E-state index in [-0.39, 0.29) is 13.2 Å². The van der Waals surface area contributed by atoms with Gasteiger partial charge in [0.1, 0.15) is 19.3 Å². The van der Waals surface area contributed by atoms with E-state index >= 15 is 0 Å². The van der Waals surface area contributed by atoms with Gasteiger partial charge in [0, 0.05) is 13.7 Å². The number of rotatable bonds is 27. The first-order valence-electron chi connectivity index (χ1n) is 14.4. The summed E-state index contributed by atoms with van der Waals surface area (Å²) in [5, 5.41) is 0. The van der Waals surface area contributed by atoms with E-state index in [0.29, 0.717) is 24.2 Å². The summed E-state index contributed by atoms with van der Waals surface area (Å²) in [7, 11) is 3.10. The molecule has 0 radical (unpaired) electrons. The largest absolute Gasteiger partial charge is 0.756 e. The number of allylic oxidation sites excluding steroid dienone is 2. The Kier molecular flexibility index (Phi) is 23.6. The maximum Gasteiger partial charge on any atom is 0.268 e. The Morgan fingerprint density at radius 2 is 1.28 bits per heavy atom. The highest BCUT2D eigenvalue weighted by atomic mass is 31.2. The van der Waals surface area contributed by atoms with Crippen molar-refractivity contribution in [3.05, 3.63) is 12.2 Å². The van der Waals surface area contributed by atoms with Gasteiger partial charge in [-0.3, -0.25) is 4.57 Å². The maximum absolute atomic E-state index is 11.9. The zero-order chi connectivity index (χ0) is 27.0. The van der Waals surface area contributed by atoms with Crippen molar-refractivity contribution in [2.24, 2.45) is 0 Å². The first-order chi connectivity index (χ1) is 17.2. The number of hydrogen-bond acceptors (Lipinski definition) is 6. The highest BCUT2D eigenvalue weighted by Crippen LogP contribution is 2.38. The number of methoxy groups -OCH3 is 1. The van der Waals surface area contributed by atoms with Crippen molar-refractivity contribution in [3.63, 3.8) is 0 Å². The molecule has 216 valence electrons. The van der Waals surface area contributed by atoms with Crippen molar-refractivity contribution in [2.75, 3.05) is 61.2 Å². The average Bonchev–Trinajstić information content (AvgIpc) is 2.81. The molecule has 1 unspecified atom stereocenters. The lowest BCUT2D eigenvalue weighted by molar-refractivity contribution is -0.870. The molecule has 0 aromatic carbocycles. The van der Waals surface area contributed by atoms with Gasteiger partial charge in [0.2, 0.25) is 0 Å². The Morgan fingerprint density at radius 3 is 1.81 bits per heavy atom. The van der Waals surface area contributed by atoms with E-state index in [4.69, 9.17) is 18.5 Å². The smallest absolute Gasteiger partial charge is 0.268 e. The van der Waals surface area contributed by atoms with E-state index in [0.717, 1.165) is 19.3 Å². The lowest BCUT2D eigenvalue weighted by Gasteiger charge is -2.28. The molecule has 0 aromatic heterocycles. The van der Waals surface area contributed by atoms with Gasteiger partial charge in [-0.05, 0) is 32.1 Å². The lowest BCUT2D eigenvalue weighted by Crippen LogP contribution is -2.37. The Bertz CT molecular complexity index is 553. The van der Waals surface area contributed by atoms with Crippen molar-refractivity contribution in [2.45, 2.75) is 109 Å². The Labute approximate surface area is 223 Å². The second-order valence-corrected chi connectivity index (χ2v) is 12.2. The summed E-state index contributed by atoms with van der Waals surface area (Å²) in [6, 6.07) is 0. The molecule has 0 saturated heterocycles. The van der Waals surface area contributed by atoms with Crippen LogP contribution in [0.1, 0.15) is 103 Å². The zero-order valence-corrected chi connectivity index (χ0v) is 25.1. The number of quaternary nitrogens is 1. The van der Waals surface area contributed by atoms with Crippen molar-refractivity contribution in [1.29, 1.82) is 0 Å². The second-order valence-electron chi connectivity index (χ2n) is 10.8. The van der Waals surface area contributed by atoms with Crippen LogP contribution in [0.3, 0.4) is 0 Å². The number of nitrogens with zero attached hydrogens (tertiary/aromatic N) is 1. The van der Waals surface area contributed by atoms with Crippen molar-refractivity contribution < 1.29 is 32.5 Å². The highest BCUT2D eigenvalue weighted by Gasteiger charge is 2.16. The van der Waals surface area contributed by atoms with Gasteiger partial charge < -0.3 is 27.9 Å². The number of likely N-dealkylation sites (N-methyl/N-ethyl adjacent to an activating group) is 1. The summed E-state index contributed by atoms with van der Waals surface area (Å²) < 4.78 is 33.2. The number of unbranched alkanes of at least 4 members (excludes halogenated alkanes) is 13. The molecule has 7 nitrogen and oxygen atoms in total. The molecule has 0 aliphatic carbocycles. The summed E-state index contributed by atoms with van der Waals surface area (Å²) in [6.07, 6.45) is 23.7. The number of hydrogen-bond donors (Lipinski definition) is 0. The fourth-order valence-corrected chi connectivity index (χ4v) is 4.39. The topological polar surface area (TPSA) is 77.1 Å². The third kappa shape index (κ3) is 26.8. The molecule has 0 spiro atoms. The van der Waals surface area contributed by atoms with E-state index in [9.17, 15) is 9.46 Å². The molecule has 0 aliphatic rings. The summed E-state index contributed by atoms with van der Waals surface area (Å²) in [4.78, 5) is 11.9. The Balaban J connectivity index is 3.55. The normalized spacial score (nSPS) is 14.9. The molecule has 2 atom stereocenters. The highest BCUT2D eigenvalue weighted by molar-refractivity contribution is 7.45. The molecule has 8 heteroatoms. The van der Waals surface area contributed by atoms with Crippen LogP contribution in [0.2, 0.25) is 0 Å². The van der Waals surface area contributed by atoms with Gasteiger partial charge in [0.15, 0.2) is 0 Å². The fourth-order valence-electron chi connectivity index (χ4n) is 3.67. The van der Waals surface area contributed by atoms with Gasteiger partial charge in [-0.2, -0.15) is 0 Å². The van der Waals surface area contributed by atoms with Crippen LogP contribution in [0.4, 0.5) is 0 Å².